The Morgan fingerprint density at radius 3 is 2.37 bits per heavy atom. The molecule has 0 aromatic carbocycles. The molecular formula is C14H23N5. The molecule has 104 valence electrons. The van der Waals surface area contributed by atoms with Crippen LogP contribution >= 0.6 is 0 Å². The van der Waals surface area contributed by atoms with Crippen LogP contribution in [0.3, 0.4) is 0 Å². The van der Waals surface area contributed by atoms with Gasteiger partial charge in [-0.3, -0.25) is 0 Å². The Morgan fingerprint density at radius 2 is 1.89 bits per heavy atom. The first-order chi connectivity index (χ1) is 8.99. The molecule has 0 saturated heterocycles. The smallest absolute Gasteiger partial charge is 0.175 e. The lowest BCUT2D eigenvalue weighted by molar-refractivity contribution is 0.661. The molecule has 0 radical (unpaired) electrons. The molecule has 2 heterocycles. The Labute approximate surface area is 114 Å². The van der Waals surface area contributed by atoms with Crippen molar-refractivity contribution in [2.24, 2.45) is 7.05 Å². The van der Waals surface area contributed by atoms with Crippen LogP contribution in [0.2, 0.25) is 0 Å². The number of aryl methyl sites for hydroxylation is 3. The summed E-state index contributed by atoms with van der Waals surface area (Å²) >= 11 is 0. The van der Waals surface area contributed by atoms with Gasteiger partial charge in [-0.2, -0.15) is 10.2 Å². The SMILES string of the molecule is CCc1cc(CC)n(-c2c(N)c(C(C)C)nn2C)n1. The summed E-state index contributed by atoms with van der Waals surface area (Å²) in [4.78, 5) is 0. The van der Waals surface area contributed by atoms with Gasteiger partial charge in [0.15, 0.2) is 5.82 Å². The monoisotopic (exact) mass is 261 g/mol. The quantitative estimate of drug-likeness (QED) is 0.919. The molecule has 0 bridgehead atoms. The van der Waals surface area contributed by atoms with Gasteiger partial charge in [-0.25, -0.2) is 9.36 Å². The van der Waals surface area contributed by atoms with E-state index in [9.17, 15) is 0 Å². The van der Waals surface area contributed by atoms with E-state index in [2.05, 4.69) is 44.0 Å². The lowest BCUT2D eigenvalue weighted by Crippen LogP contribution is -2.09. The number of hydrogen-bond acceptors (Lipinski definition) is 3. The zero-order chi connectivity index (χ0) is 14.2. The summed E-state index contributed by atoms with van der Waals surface area (Å²) in [5.41, 5.74) is 10.2. The maximum Gasteiger partial charge on any atom is 0.175 e. The second-order valence-electron chi connectivity index (χ2n) is 5.15. The zero-order valence-electron chi connectivity index (χ0n) is 12.4. The van der Waals surface area contributed by atoms with Crippen LogP contribution in [0, 0.1) is 0 Å². The molecule has 0 atom stereocenters. The van der Waals surface area contributed by atoms with Crippen molar-refractivity contribution in [1.29, 1.82) is 0 Å². The predicted molar refractivity (Wildman–Crippen MR) is 77.6 cm³/mol. The van der Waals surface area contributed by atoms with Gasteiger partial charge in [0.2, 0.25) is 0 Å². The summed E-state index contributed by atoms with van der Waals surface area (Å²) < 4.78 is 3.77. The molecule has 0 aliphatic rings. The fraction of sp³-hybridized carbons (Fsp3) is 0.571. The van der Waals surface area contributed by atoms with Crippen molar-refractivity contribution in [3.05, 3.63) is 23.1 Å². The first-order valence-corrected chi connectivity index (χ1v) is 6.90. The lowest BCUT2D eigenvalue weighted by Gasteiger charge is -2.07. The topological polar surface area (TPSA) is 61.7 Å². The highest BCUT2D eigenvalue weighted by Gasteiger charge is 2.20. The number of nitrogens with zero attached hydrogens (tertiary/aromatic N) is 4. The third-order valence-corrected chi connectivity index (χ3v) is 3.39. The van der Waals surface area contributed by atoms with Crippen molar-refractivity contribution in [1.82, 2.24) is 19.6 Å². The number of anilines is 1. The van der Waals surface area contributed by atoms with Crippen molar-refractivity contribution >= 4 is 5.69 Å². The van der Waals surface area contributed by atoms with Crippen molar-refractivity contribution in [2.75, 3.05) is 5.73 Å². The van der Waals surface area contributed by atoms with Crippen LogP contribution in [0.15, 0.2) is 6.07 Å². The molecule has 2 aromatic rings. The van der Waals surface area contributed by atoms with Gasteiger partial charge < -0.3 is 5.73 Å². The van der Waals surface area contributed by atoms with Gasteiger partial charge in [0.25, 0.3) is 0 Å². The number of aromatic nitrogens is 4. The van der Waals surface area contributed by atoms with Crippen LogP contribution < -0.4 is 5.73 Å². The Balaban J connectivity index is 2.61. The molecule has 0 aliphatic carbocycles. The summed E-state index contributed by atoms with van der Waals surface area (Å²) in [6, 6.07) is 2.14. The Morgan fingerprint density at radius 1 is 1.21 bits per heavy atom. The van der Waals surface area contributed by atoms with Crippen LogP contribution in [-0.2, 0) is 19.9 Å². The summed E-state index contributed by atoms with van der Waals surface area (Å²) in [5.74, 6) is 1.19. The van der Waals surface area contributed by atoms with Gasteiger partial charge >= 0.3 is 0 Å². The molecule has 5 nitrogen and oxygen atoms in total. The van der Waals surface area contributed by atoms with Crippen molar-refractivity contribution in [3.63, 3.8) is 0 Å². The van der Waals surface area contributed by atoms with Gasteiger partial charge in [-0.15, -0.1) is 0 Å². The first kappa shape index (κ1) is 13.6. The summed E-state index contributed by atoms with van der Waals surface area (Å²) in [7, 11) is 1.92. The highest BCUT2D eigenvalue weighted by Crippen LogP contribution is 2.27. The molecule has 0 unspecified atom stereocenters. The van der Waals surface area contributed by atoms with E-state index in [-0.39, 0.29) is 0 Å². The Hall–Kier alpha value is -1.78. The van der Waals surface area contributed by atoms with E-state index in [1.165, 1.54) is 5.69 Å². The Bertz CT molecular complexity index is 577. The van der Waals surface area contributed by atoms with Gasteiger partial charge in [0, 0.05) is 12.7 Å². The molecule has 0 saturated carbocycles. The molecule has 0 amide bonds. The van der Waals surface area contributed by atoms with E-state index in [0.717, 1.165) is 35.7 Å². The minimum atomic E-state index is 0.311. The fourth-order valence-electron chi connectivity index (χ4n) is 2.31. The maximum absolute atomic E-state index is 6.27. The van der Waals surface area contributed by atoms with Gasteiger partial charge in [0.05, 0.1) is 11.4 Å². The van der Waals surface area contributed by atoms with Crippen molar-refractivity contribution in [2.45, 2.75) is 46.5 Å². The summed E-state index contributed by atoms with van der Waals surface area (Å²) in [5, 5.41) is 9.17. The maximum atomic E-state index is 6.27. The van der Waals surface area contributed by atoms with Crippen molar-refractivity contribution < 1.29 is 0 Å². The second-order valence-corrected chi connectivity index (χ2v) is 5.15. The molecule has 0 spiro atoms. The van der Waals surface area contributed by atoms with E-state index >= 15 is 0 Å². The van der Waals surface area contributed by atoms with E-state index < -0.39 is 0 Å². The van der Waals surface area contributed by atoms with Crippen LogP contribution in [0.5, 0.6) is 0 Å². The van der Waals surface area contributed by atoms with E-state index in [1.54, 1.807) is 0 Å². The van der Waals surface area contributed by atoms with Crippen molar-refractivity contribution in [3.8, 4) is 5.82 Å². The molecule has 5 heteroatoms. The minimum absolute atomic E-state index is 0.311. The predicted octanol–water partition coefficient (Wildman–Crippen LogP) is 2.44. The zero-order valence-corrected chi connectivity index (χ0v) is 12.4. The molecule has 0 aliphatic heterocycles. The van der Waals surface area contributed by atoms with E-state index in [0.29, 0.717) is 5.92 Å². The number of nitrogens with two attached hydrogens (primary N) is 1. The van der Waals surface area contributed by atoms with E-state index in [4.69, 9.17) is 5.73 Å². The molecule has 2 rings (SSSR count). The highest BCUT2D eigenvalue weighted by atomic mass is 15.4. The summed E-state index contributed by atoms with van der Waals surface area (Å²) in [6.07, 6.45) is 1.85. The van der Waals surface area contributed by atoms with Gasteiger partial charge in [-0.1, -0.05) is 27.7 Å². The van der Waals surface area contributed by atoms with E-state index in [1.807, 2.05) is 16.4 Å². The largest absolute Gasteiger partial charge is 0.394 e. The van der Waals surface area contributed by atoms with Crippen LogP contribution in [-0.4, -0.2) is 19.6 Å². The normalized spacial score (nSPS) is 11.5. The third-order valence-electron chi connectivity index (χ3n) is 3.39. The first-order valence-electron chi connectivity index (χ1n) is 6.90. The standard InChI is InChI=1S/C14H23N5/c1-6-10-8-11(7-2)19(16-10)14-12(15)13(9(3)4)17-18(14)5/h8-9H,6-7,15H2,1-5H3. The molecule has 19 heavy (non-hydrogen) atoms. The molecular weight excluding hydrogens is 238 g/mol. The average molecular weight is 261 g/mol. The average Bonchev–Trinajstić information content (AvgIpc) is 2.90. The van der Waals surface area contributed by atoms with Crippen LogP contribution in [0.1, 0.15) is 50.7 Å². The molecule has 2 aromatic heterocycles. The van der Waals surface area contributed by atoms with Gasteiger partial charge in [0.1, 0.15) is 5.69 Å². The molecule has 0 fully saturated rings. The summed E-state index contributed by atoms with van der Waals surface area (Å²) in [6.45, 7) is 8.44. The lowest BCUT2D eigenvalue weighted by atomic mass is 10.1. The number of rotatable bonds is 4. The Kier molecular flexibility index (Phi) is 3.64. The minimum Gasteiger partial charge on any atom is -0.394 e. The third kappa shape index (κ3) is 2.25. The van der Waals surface area contributed by atoms with Crippen LogP contribution in [0.4, 0.5) is 5.69 Å². The second kappa shape index (κ2) is 5.07. The highest BCUT2D eigenvalue weighted by molar-refractivity contribution is 5.58. The molecule has 2 N–H and O–H groups in total. The number of nitrogen functional groups attached to an aromatic ring is 1. The number of hydrogen-bond donors (Lipinski definition) is 1. The van der Waals surface area contributed by atoms with Gasteiger partial charge in [-0.05, 0) is 24.8 Å². The fourth-order valence-corrected chi connectivity index (χ4v) is 2.31. The van der Waals surface area contributed by atoms with Crippen LogP contribution in [0.25, 0.3) is 5.82 Å².